The summed E-state index contributed by atoms with van der Waals surface area (Å²) < 4.78 is 19.4. The Labute approximate surface area is 118 Å². The summed E-state index contributed by atoms with van der Waals surface area (Å²) in [5.74, 6) is -0.0636. The minimum absolute atomic E-state index is 0.296. The maximum Gasteiger partial charge on any atom is 0.165 e. The van der Waals surface area contributed by atoms with Crippen molar-refractivity contribution in [3.05, 3.63) is 42.1 Å². The van der Waals surface area contributed by atoms with Gasteiger partial charge in [-0.2, -0.15) is 0 Å². The number of hydrogen-bond donors (Lipinski definition) is 0. The molecule has 0 fully saturated rings. The van der Waals surface area contributed by atoms with Gasteiger partial charge in [0.05, 0.1) is 24.2 Å². The average molecular weight is 274 g/mol. The van der Waals surface area contributed by atoms with E-state index < -0.39 is 0 Å². The van der Waals surface area contributed by atoms with Crippen molar-refractivity contribution < 1.29 is 9.13 Å². The highest BCUT2D eigenvalue weighted by Crippen LogP contribution is 2.24. The third-order valence-corrected chi connectivity index (χ3v) is 3.01. The molecule has 0 N–H and O–H groups in total. The summed E-state index contributed by atoms with van der Waals surface area (Å²) in [7, 11) is 0. The Morgan fingerprint density at radius 1 is 1.15 bits per heavy atom. The molecule has 1 heterocycles. The van der Waals surface area contributed by atoms with Crippen LogP contribution in [0.15, 0.2) is 30.6 Å². The molecule has 2 rings (SSSR count). The number of ether oxygens (including phenoxy) is 1. The molecule has 4 heteroatoms. The second-order valence-electron chi connectivity index (χ2n) is 4.74. The molecule has 0 atom stereocenters. The van der Waals surface area contributed by atoms with Crippen LogP contribution in [0, 0.1) is 12.7 Å². The summed E-state index contributed by atoms with van der Waals surface area (Å²) in [6.07, 6.45) is 6.48. The molecule has 0 spiro atoms. The van der Waals surface area contributed by atoms with Crippen molar-refractivity contribution in [3.63, 3.8) is 0 Å². The predicted molar refractivity (Wildman–Crippen MR) is 77.2 cm³/mol. The van der Waals surface area contributed by atoms with E-state index in [1.165, 1.54) is 6.07 Å². The summed E-state index contributed by atoms with van der Waals surface area (Å²) >= 11 is 0. The first-order valence-corrected chi connectivity index (χ1v) is 6.92. The van der Waals surface area contributed by atoms with Gasteiger partial charge < -0.3 is 4.74 Å². The van der Waals surface area contributed by atoms with Crippen LogP contribution in [0.4, 0.5) is 4.39 Å². The van der Waals surface area contributed by atoms with Gasteiger partial charge in [0.15, 0.2) is 11.6 Å². The van der Waals surface area contributed by atoms with Gasteiger partial charge in [-0.3, -0.25) is 9.97 Å². The van der Waals surface area contributed by atoms with E-state index in [2.05, 4.69) is 16.9 Å². The molecule has 1 aromatic heterocycles. The van der Waals surface area contributed by atoms with E-state index in [-0.39, 0.29) is 5.82 Å². The van der Waals surface area contributed by atoms with Crippen molar-refractivity contribution in [2.45, 2.75) is 33.1 Å². The van der Waals surface area contributed by atoms with Crippen molar-refractivity contribution in [2.24, 2.45) is 0 Å². The highest BCUT2D eigenvalue weighted by molar-refractivity contribution is 5.59. The fourth-order valence-electron chi connectivity index (χ4n) is 1.85. The first kappa shape index (κ1) is 14.4. The molecule has 0 radical (unpaired) electrons. The molecule has 0 aliphatic rings. The number of aromatic nitrogens is 2. The Morgan fingerprint density at radius 2 is 2.00 bits per heavy atom. The van der Waals surface area contributed by atoms with Gasteiger partial charge in [0.25, 0.3) is 0 Å². The van der Waals surface area contributed by atoms with Crippen molar-refractivity contribution in [2.75, 3.05) is 6.61 Å². The number of rotatable bonds is 6. The summed E-state index contributed by atoms with van der Waals surface area (Å²) in [6, 6.07) is 4.89. The van der Waals surface area contributed by atoms with E-state index in [0.29, 0.717) is 23.6 Å². The molecule has 106 valence electrons. The lowest BCUT2D eigenvalue weighted by atomic mass is 10.1. The predicted octanol–water partition coefficient (Wildman–Crippen LogP) is 4.16. The van der Waals surface area contributed by atoms with Crippen LogP contribution in [0.2, 0.25) is 0 Å². The lowest BCUT2D eigenvalue weighted by molar-refractivity contribution is 0.291. The standard InChI is InChI=1S/C16H19FN2O/c1-3-4-5-8-20-16-7-6-13(9-14(16)17)15-11-18-12(2)10-19-15/h6-7,9-11H,3-5,8H2,1-2H3. The van der Waals surface area contributed by atoms with Gasteiger partial charge in [-0.05, 0) is 31.5 Å². The minimum atomic E-state index is -0.360. The summed E-state index contributed by atoms with van der Waals surface area (Å²) in [5.41, 5.74) is 2.20. The Hall–Kier alpha value is -1.97. The van der Waals surface area contributed by atoms with Crippen LogP contribution >= 0.6 is 0 Å². The molecule has 2 aromatic rings. The Kier molecular flexibility index (Phi) is 5.04. The summed E-state index contributed by atoms with van der Waals surface area (Å²) in [5, 5.41) is 0. The normalized spacial score (nSPS) is 10.6. The maximum atomic E-state index is 14.0. The van der Waals surface area contributed by atoms with Crippen LogP contribution in [0.3, 0.4) is 0 Å². The highest BCUT2D eigenvalue weighted by Gasteiger charge is 2.07. The zero-order chi connectivity index (χ0) is 14.4. The fourth-order valence-corrected chi connectivity index (χ4v) is 1.85. The Morgan fingerprint density at radius 3 is 2.65 bits per heavy atom. The molecule has 3 nitrogen and oxygen atoms in total. The number of nitrogens with zero attached hydrogens (tertiary/aromatic N) is 2. The van der Waals surface area contributed by atoms with Crippen LogP contribution in [0.25, 0.3) is 11.3 Å². The van der Waals surface area contributed by atoms with Gasteiger partial charge in [-0.15, -0.1) is 0 Å². The van der Waals surface area contributed by atoms with Crippen LogP contribution in [-0.2, 0) is 0 Å². The second-order valence-corrected chi connectivity index (χ2v) is 4.74. The quantitative estimate of drug-likeness (QED) is 0.742. The number of halogens is 1. The van der Waals surface area contributed by atoms with Gasteiger partial charge in [0, 0.05) is 11.8 Å². The van der Waals surface area contributed by atoms with Gasteiger partial charge >= 0.3 is 0 Å². The molecule has 0 amide bonds. The van der Waals surface area contributed by atoms with E-state index in [4.69, 9.17) is 4.74 Å². The van der Waals surface area contributed by atoms with Crippen LogP contribution in [0.1, 0.15) is 31.9 Å². The molecule has 1 aromatic carbocycles. The van der Waals surface area contributed by atoms with Crippen molar-refractivity contribution in [3.8, 4) is 17.0 Å². The summed E-state index contributed by atoms with van der Waals surface area (Å²) in [6.45, 7) is 4.54. The molecule has 0 aliphatic heterocycles. The van der Waals surface area contributed by atoms with Gasteiger partial charge in [-0.1, -0.05) is 19.8 Å². The molecule has 0 saturated heterocycles. The second kappa shape index (κ2) is 6.98. The first-order chi connectivity index (χ1) is 9.70. The molecule has 20 heavy (non-hydrogen) atoms. The van der Waals surface area contributed by atoms with Crippen LogP contribution in [0.5, 0.6) is 5.75 Å². The van der Waals surface area contributed by atoms with E-state index in [1.54, 1.807) is 24.5 Å². The molecule has 0 aliphatic carbocycles. The zero-order valence-electron chi connectivity index (χ0n) is 11.9. The smallest absolute Gasteiger partial charge is 0.165 e. The minimum Gasteiger partial charge on any atom is -0.491 e. The van der Waals surface area contributed by atoms with Crippen molar-refractivity contribution >= 4 is 0 Å². The average Bonchev–Trinajstić information content (AvgIpc) is 2.46. The summed E-state index contributed by atoms with van der Waals surface area (Å²) in [4.78, 5) is 8.40. The molecular weight excluding hydrogens is 255 g/mol. The molecular formula is C16H19FN2O. The number of aryl methyl sites for hydroxylation is 1. The number of unbranched alkanes of at least 4 members (excludes halogenated alkanes) is 2. The lowest BCUT2D eigenvalue weighted by Crippen LogP contribution is -1.99. The van der Waals surface area contributed by atoms with E-state index >= 15 is 0 Å². The van der Waals surface area contributed by atoms with E-state index in [1.807, 2.05) is 6.92 Å². The van der Waals surface area contributed by atoms with Crippen molar-refractivity contribution in [1.29, 1.82) is 0 Å². The third kappa shape index (κ3) is 3.76. The van der Waals surface area contributed by atoms with Crippen molar-refractivity contribution in [1.82, 2.24) is 9.97 Å². The van der Waals surface area contributed by atoms with Gasteiger partial charge in [-0.25, -0.2) is 4.39 Å². The maximum absolute atomic E-state index is 14.0. The fraction of sp³-hybridized carbons (Fsp3) is 0.375. The van der Waals surface area contributed by atoms with Gasteiger partial charge in [0.1, 0.15) is 0 Å². The van der Waals surface area contributed by atoms with E-state index in [0.717, 1.165) is 25.0 Å². The Bertz CT molecular complexity index is 555. The third-order valence-electron chi connectivity index (χ3n) is 3.01. The molecule has 0 unspecified atom stereocenters. The topological polar surface area (TPSA) is 35.0 Å². The zero-order valence-corrected chi connectivity index (χ0v) is 11.9. The monoisotopic (exact) mass is 274 g/mol. The Balaban J connectivity index is 2.07. The SMILES string of the molecule is CCCCCOc1ccc(-c2cnc(C)cn2)cc1F. The first-order valence-electron chi connectivity index (χ1n) is 6.92. The molecule has 0 bridgehead atoms. The largest absolute Gasteiger partial charge is 0.491 e. The highest BCUT2D eigenvalue weighted by atomic mass is 19.1. The number of hydrogen-bond acceptors (Lipinski definition) is 3. The molecule has 0 saturated carbocycles. The van der Waals surface area contributed by atoms with Crippen LogP contribution < -0.4 is 4.74 Å². The van der Waals surface area contributed by atoms with Crippen LogP contribution in [-0.4, -0.2) is 16.6 Å². The lowest BCUT2D eigenvalue weighted by Gasteiger charge is -2.08. The van der Waals surface area contributed by atoms with E-state index in [9.17, 15) is 4.39 Å². The number of benzene rings is 1. The van der Waals surface area contributed by atoms with Gasteiger partial charge in [0.2, 0.25) is 0 Å².